The summed E-state index contributed by atoms with van der Waals surface area (Å²) in [5.74, 6) is 0.949. The molecule has 0 bridgehead atoms. The largest absolute Gasteiger partial charge is 0.493 e. The van der Waals surface area contributed by atoms with Gasteiger partial charge in [0.15, 0.2) is 0 Å². The van der Waals surface area contributed by atoms with Crippen LogP contribution < -0.4 is 10.1 Å². The van der Waals surface area contributed by atoms with Gasteiger partial charge in [-0.15, -0.1) is 0 Å². The van der Waals surface area contributed by atoms with E-state index in [0.717, 1.165) is 24.3 Å². The second kappa shape index (κ2) is 7.06. The number of aryl methyl sites for hydroxylation is 1. The molecule has 2 rings (SSSR count). The number of para-hydroxylation sites is 1. The third-order valence-corrected chi connectivity index (χ3v) is 3.36. The van der Waals surface area contributed by atoms with E-state index in [0.29, 0.717) is 0 Å². The highest BCUT2D eigenvalue weighted by Gasteiger charge is 2.17. The molecule has 0 amide bonds. The molecule has 1 N–H and O–H groups in total. The van der Waals surface area contributed by atoms with Crippen molar-refractivity contribution in [3.8, 4) is 5.75 Å². The molecule has 2 aromatic rings. The Morgan fingerprint density at radius 3 is 2.70 bits per heavy atom. The number of hydrogen-bond acceptors (Lipinski definition) is 3. The van der Waals surface area contributed by atoms with Gasteiger partial charge < -0.3 is 10.1 Å². The average Bonchev–Trinajstić information content (AvgIpc) is 2.49. The van der Waals surface area contributed by atoms with Crippen LogP contribution in [0.3, 0.4) is 0 Å². The van der Waals surface area contributed by atoms with E-state index in [1.807, 2.05) is 31.6 Å². The van der Waals surface area contributed by atoms with Crippen LogP contribution in [0.2, 0.25) is 0 Å². The summed E-state index contributed by atoms with van der Waals surface area (Å²) >= 11 is 0. The van der Waals surface area contributed by atoms with Crippen LogP contribution in [0.1, 0.15) is 36.1 Å². The van der Waals surface area contributed by atoms with E-state index >= 15 is 0 Å². The van der Waals surface area contributed by atoms with Gasteiger partial charge in [-0.05, 0) is 43.7 Å². The molecule has 0 aliphatic carbocycles. The fourth-order valence-electron chi connectivity index (χ4n) is 2.35. The van der Waals surface area contributed by atoms with Crippen molar-refractivity contribution in [3.63, 3.8) is 0 Å². The topological polar surface area (TPSA) is 34.1 Å². The first-order valence-corrected chi connectivity index (χ1v) is 7.07. The van der Waals surface area contributed by atoms with Crippen molar-refractivity contribution in [2.75, 3.05) is 13.7 Å². The molecule has 0 saturated heterocycles. The summed E-state index contributed by atoms with van der Waals surface area (Å²) in [4.78, 5) is 4.17. The standard InChI is InChI=1S/C17H22N2O/c1-4-11-20-16-8-6-5-7-15(16)17(18-3)14-9-10-19-12-13(14)2/h5-10,12,17-18H,4,11H2,1-3H3. The maximum Gasteiger partial charge on any atom is 0.124 e. The molecule has 1 atom stereocenters. The van der Waals surface area contributed by atoms with Crippen molar-refractivity contribution in [2.24, 2.45) is 0 Å². The van der Waals surface area contributed by atoms with Gasteiger partial charge in [0.05, 0.1) is 12.6 Å². The van der Waals surface area contributed by atoms with Crippen molar-refractivity contribution in [3.05, 3.63) is 59.4 Å². The highest BCUT2D eigenvalue weighted by Crippen LogP contribution is 2.31. The van der Waals surface area contributed by atoms with Crippen molar-refractivity contribution < 1.29 is 4.74 Å². The SMILES string of the molecule is CCCOc1ccccc1C(NC)c1ccncc1C. The molecule has 1 heterocycles. The third kappa shape index (κ3) is 3.17. The van der Waals surface area contributed by atoms with Crippen LogP contribution in [-0.2, 0) is 0 Å². The van der Waals surface area contributed by atoms with Gasteiger partial charge in [-0.3, -0.25) is 4.98 Å². The van der Waals surface area contributed by atoms with Crippen LogP contribution in [-0.4, -0.2) is 18.6 Å². The van der Waals surface area contributed by atoms with Gasteiger partial charge in [-0.2, -0.15) is 0 Å². The van der Waals surface area contributed by atoms with E-state index in [1.165, 1.54) is 11.1 Å². The molecule has 0 spiro atoms. The summed E-state index contributed by atoms with van der Waals surface area (Å²) in [5, 5.41) is 3.38. The summed E-state index contributed by atoms with van der Waals surface area (Å²) < 4.78 is 5.87. The Bertz CT molecular complexity index is 554. The molecule has 1 aromatic carbocycles. The fourth-order valence-corrected chi connectivity index (χ4v) is 2.35. The Morgan fingerprint density at radius 2 is 2.00 bits per heavy atom. The Hall–Kier alpha value is -1.87. The molecule has 1 aromatic heterocycles. The highest BCUT2D eigenvalue weighted by atomic mass is 16.5. The summed E-state index contributed by atoms with van der Waals surface area (Å²) in [6, 6.07) is 10.4. The van der Waals surface area contributed by atoms with Gasteiger partial charge in [-0.25, -0.2) is 0 Å². The molecule has 106 valence electrons. The first-order chi connectivity index (χ1) is 9.77. The molecule has 0 radical (unpaired) electrons. The van der Waals surface area contributed by atoms with Crippen LogP contribution >= 0.6 is 0 Å². The first-order valence-electron chi connectivity index (χ1n) is 7.07. The number of nitrogens with zero attached hydrogens (tertiary/aromatic N) is 1. The minimum atomic E-state index is 0.117. The van der Waals surface area contributed by atoms with Crippen molar-refractivity contribution >= 4 is 0 Å². The smallest absolute Gasteiger partial charge is 0.124 e. The molecule has 0 saturated carbocycles. The molecule has 0 fully saturated rings. The zero-order valence-electron chi connectivity index (χ0n) is 12.4. The Balaban J connectivity index is 2.39. The van der Waals surface area contributed by atoms with Crippen LogP contribution in [0.5, 0.6) is 5.75 Å². The lowest BCUT2D eigenvalue weighted by atomic mass is 9.96. The van der Waals surface area contributed by atoms with Gasteiger partial charge in [0.25, 0.3) is 0 Å². The van der Waals surface area contributed by atoms with Gasteiger partial charge >= 0.3 is 0 Å². The van der Waals surface area contributed by atoms with E-state index in [-0.39, 0.29) is 6.04 Å². The maximum absolute atomic E-state index is 5.87. The van der Waals surface area contributed by atoms with Gasteiger partial charge in [0.2, 0.25) is 0 Å². The minimum Gasteiger partial charge on any atom is -0.493 e. The average molecular weight is 270 g/mol. The summed E-state index contributed by atoms with van der Waals surface area (Å²) in [6.07, 6.45) is 4.74. The van der Waals surface area contributed by atoms with Crippen LogP contribution in [0.4, 0.5) is 0 Å². The molecule has 0 aliphatic rings. The monoisotopic (exact) mass is 270 g/mol. The van der Waals surface area contributed by atoms with Crippen molar-refractivity contribution in [2.45, 2.75) is 26.3 Å². The second-order valence-electron chi connectivity index (χ2n) is 4.84. The quantitative estimate of drug-likeness (QED) is 0.872. The molecule has 20 heavy (non-hydrogen) atoms. The normalized spacial score (nSPS) is 12.2. The predicted octanol–water partition coefficient (Wildman–Crippen LogP) is 3.49. The molecule has 0 aliphatic heterocycles. The summed E-state index contributed by atoms with van der Waals surface area (Å²) in [6.45, 7) is 4.94. The molecular weight excluding hydrogens is 248 g/mol. The van der Waals surface area contributed by atoms with E-state index in [2.05, 4.69) is 42.3 Å². The lowest BCUT2D eigenvalue weighted by molar-refractivity contribution is 0.312. The Morgan fingerprint density at radius 1 is 1.20 bits per heavy atom. The Kier molecular flexibility index (Phi) is 5.13. The zero-order valence-corrected chi connectivity index (χ0v) is 12.4. The van der Waals surface area contributed by atoms with Crippen molar-refractivity contribution in [1.82, 2.24) is 10.3 Å². The molecular formula is C17H22N2O. The lowest BCUT2D eigenvalue weighted by Gasteiger charge is -2.22. The van der Waals surface area contributed by atoms with E-state index in [9.17, 15) is 0 Å². The number of nitrogens with one attached hydrogen (secondary N) is 1. The van der Waals surface area contributed by atoms with E-state index < -0.39 is 0 Å². The van der Waals surface area contributed by atoms with Crippen LogP contribution in [0.25, 0.3) is 0 Å². The molecule has 1 unspecified atom stereocenters. The highest BCUT2D eigenvalue weighted by molar-refractivity contribution is 5.43. The minimum absolute atomic E-state index is 0.117. The number of rotatable bonds is 6. The van der Waals surface area contributed by atoms with Gasteiger partial charge in [0, 0.05) is 18.0 Å². The van der Waals surface area contributed by atoms with Crippen LogP contribution in [0.15, 0.2) is 42.7 Å². The van der Waals surface area contributed by atoms with Gasteiger partial charge in [-0.1, -0.05) is 25.1 Å². The van der Waals surface area contributed by atoms with E-state index in [1.54, 1.807) is 0 Å². The molecule has 3 nitrogen and oxygen atoms in total. The zero-order chi connectivity index (χ0) is 14.4. The number of aromatic nitrogens is 1. The Labute approximate surface area is 121 Å². The summed E-state index contributed by atoms with van der Waals surface area (Å²) in [5.41, 5.74) is 3.57. The van der Waals surface area contributed by atoms with Crippen LogP contribution in [0, 0.1) is 6.92 Å². The maximum atomic E-state index is 5.87. The first kappa shape index (κ1) is 14.5. The predicted molar refractivity (Wildman–Crippen MR) is 82.1 cm³/mol. The lowest BCUT2D eigenvalue weighted by Crippen LogP contribution is -2.19. The fraction of sp³-hybridized carbons (Fsp3) is 0.353. The molecule has 3 heteroatoms. The number of pyridine rings is 1. The van der Waals surface area contributed by atoms with Gasteiger partial charge in [0.1, 0.15) is 5.75 Å². The van der Waals surface area contributed by atoms with E-state index in [4.69, 9.17) is 4.74 Å². The summed E-state index contributed by atoms with van der Waals surface area (Å²) in [7, 11) is 1.97. The number of hydrogen-bond donors (Lipinski definition) is 1. The third-order valence-electron chi connectivity index (χ3n) is 3.36. The van der Waals surface area contributed by atoms with Crippen molar-refractivity contribution in [1.29, 1.82) is 0 Å². The number of ether oxygens (including phenoxy) is 1. The second-order valence-corrected chi connectivity index (χ2v) is 4.84. The number of benzene rings is 1.